The van der Waals surface area contributed by atoms with Crippen molar-refractivity contribution in [2.24, 2.45) is 11.1 Å². The molecule has 84 valence electrons. The van der Waals surface area contributed by atoms with Gasteiger partial charge in [0.2, 0.25) is 0 Å². The van der Waals surface area contributed by atoms with Crippen LogP contribution >= 0.6 is 11.8 Å². The van der Waals surface area contributed by atoms with Crippen LogP contribution in [0.25, 0.3) is 0 Å². The second-order valence-electron chi connectivity index (χ2n) is 4.62. The largest absolute Gasteiger partial charge is 0.398 e. The first-order chi connectivity index (χ1) is 6.98. The molecular formula is C12H20N2S. The lowest BCUT2D eigenvalue weighted by molar-refractivity contribution is 0.376. The molecule has 1 aromatic carbocycles. The summed E-state index contributed by atoms with van der Waals surface area (Å²) in [7, 11) is 0. The molecular weight excluding hydrogens is 204 g/mol. The third kappa shape index (κ3) is 3.43. The summed E-state index contributed by atoms with van der Waals surface area (Å²) in [6, 6.07) is 6.23. The number of thioether (sulfide) groups is 1. The lowest BCUT2D eigenvalue weighted by atomic mass is 9.86. The van der Waals surface area contributed by atoms with Gasteiger partial charge in [-0.3, -0.25) is 0 Å². The highest BCUT2D eigenvalue weighted by molar-refractivity contribution is 7.98. The molecule has 1 rings (SSSR count). The van der Waals surface area contributed by atoms with Crippen molar-refractivity contribution in [1.29, 1.82) is 0 Å². The third-order valence-electron chi connectivity index (χ3n) is 2.53. The second kappa shape index (κ2) is 4.90. The highest BCUT2D eigenvalue weighted by atomic mass is 32.2. The predicted octanol–water partition coefficient (Wildman–Crippen LogP) is 2.52. The van der Waals surface area contributed by atoms with E-state index in [0.29, 0.717) is 6.54 Å². The summed E-state index contributed by atoms with van der Waals surface area (Å²) in [4.78, 5) is 1.15. The van der Waals surface area contributed by atoms with E-state index < -0.39 is 0 Å². The van der Waals surface area contributed by atoms with Gasteiger partial charge in [-0.05, 0) is 42.3 Å². The first-order valence-electron chi connectivity index (χ1n) is 5.11. The van der Waals surface area contributed by atoms with Crippen molar-refractivity contribution in [2.45, 2.75) is 25.2 Å². The van der Waals surface area contributed by atoms with Crippen LogP contribution in [-0.2, 0) is 6.42 Å². The number of nitrogens with two attached hydrogens (primary N) is 2. The van der Waals surface area contributed by atoms with Crippen molar-refractivity contribution in [3.63, 3.8) is 0 Å². The third-order valence-corrected chi connectivity index (χ3v) is 3.33. The monoisotopic (exact) mass is 224 g/mol. The van der Waals surface area contributed by atoms with Crippen LogP contribution in [0.2, 0.25) is 0 Å². The zero-order valence-electron chi connectivity index (χ0n) is 9.71. The molecule has 0 fully saturated rings. The minimum Gasteiger partial charge on any atom is -0.398 e. The number of nitrogen functional groups attached to an aromatic ring is 1. The standard InChI is InChI=1S/C12H20N2S/c1-12(2,8-13)7-9-4-5-10(14)11(6-9)15-3/h4-6H,7-8,13-14H2,1-3H3. The van der Waals surface area contributed by atoms with Crippen molar-refractivity contribution >= 4 is 17.4 Å². The van der Waals surface area contributed by atoms with Gasteiger partial charge in [-0.25, -0.2) is 0 Å². The van der Waals surface area contributed by atoms with E-state index in [2.05, 4.69) is 26.0 Å². The SMILES string of the molecule is CSc1cc(CC(C)(C)CN)ccc1N. The zero-order valence-corrected chi connectivity index (χ0v) is 10.5. The molecule has 0 saturated carbocycles. The second-order valence-corrected chi connectivity index (χ2v) is 5.47. The zero-order chi connectivity index (χ0) is 11.5. The summed E-state index contributed by atoms with van der Waals surface area (Å²) in [6.45, 7) is 5.07. The fourth-order valence-corrected chi connectivity index (χ4v) is 2.06. The summed E-state index contributed by atoms with van der Waals surface area (Å²) in [5.74, 6) is 0. The Labute approximate surface area is 96.4 Å². The molecule has 3 heteroatoms. The van der Waals surface area contributed by atoms with Crippen LogP contribution in [0.1, 0.15) is 19.4 Å². The van der Waals surface area contributed by atoms with E-state index in [4.69, 9.17) is 11.5 Å². The van der Waals surface area contributed by atoms with Crippen LogP contribution in [-0.4, -0.2) is 12.8 Å². The number of benzene rings is 1. The molecule has 0 atom stereocenters. The molecule has 0 radical (unpaired) electrons. The molecule has 0 aliphatic heterocycles. The van der Waals surface area contributed by atoms with E-state index in [9.17, 15) is 0 Å². The maximum Gasteiger partial charge on any atom is 0.0452 e. The number of hydrogen-bond acceptors (Lipinski definition) is 3. The molecule has 0 aliphatic carbocycles. The highest BCUT2D eigenvalue weighted by Gasteiger charge is 2.16. The summed E-state index contributed by atoms with van der Waals surface area (Å²) in [5, 5.41) is 0. The van der Waals surface area contributed by atoms with Crippen LogP contribution < -0.4 is 11.5 Å². The lowest BCUT2D eigenvalue weighted by Gasteiger charge is -2.22. The Morgan fingerprint density at radius 2 is 2.00 bits per heavy atom. The van der Waals surface area contributed by atoms with Crippen LogP contribution in [0.3, 0.4) is 0 Å². The Kier molecular flexibility index (Phi) is 4.05. The topological polar surface area (TPSA) is 52.0 Å². The van der Waals surface area contributed by atoms with Crippen molar-refractivity contribution < 1.29 is 0 Å². The van der Waals surface area contributed by atoms with Crippen molar-refractivity contribution in [2.75, 3.05) is 18.5 Å². The summed E-state index contributed by atoms with van der Waals surface area (Å²) < 4.78 is 0. The normalized spacial score (nSPS) is 11.7. The fourth-order valence-electron chi connectivity index (χ4n) is 1.49. The average molecular weight is 224 g/mol. The van der Waals surface area contributed by atoms with Crippen molar-refractivity contribution in [3.05, 3.63) is 23.8 Å². The Morgan fingerprint density at radius 1 is 1.33 bits per heavy atom. The summed E-state index contributed by atoms with van der Waals surface area (Å²) >= 11 is 1.69. The van der Waals surface area contributed by atoms with Gasteiger partial charge < -0.3 is 11.5 Å². The Morgan fingerprint density at radius 3 is 2.53 bits per heavy atom. The molecule has 0 heterocycles. The lowest BCUT2D eigenvalue weighted by Crippen LogP contribution is -2.25. The molecule has 4 N–H and O–H groups in total. The van der Waals surface area contributed by atoms with E-state index in [1.54, 1.807) is 11.8 Å². The van der Waals surface area contributed by atoms with E-state index >= 15 is 0 Å². The summed E-state index contributed by atoms with van der Waals surface area (Å²) in [5.41, 5.74) is 13.9. The maximum atomic E-state index is 5.85. The van der Waals surface area contributed by atoms with Gasteiger partial charge in [-0.15, -0.1) is 11.8 Å². The predicted molar refractivity (Wildman–Crippen MR) is 69.2 cm³/mol. The van der Waals surface area contributed by atoms with Gasteiger partial charge in [0.15, 0.2) is 0 Å². The van der Waals surface area contributed by atoms with Gasteiger partial charge in [-0.1, -0.05) is 19.9 Å². The van der Waals surface area contributed by atoms with Gasteiger partial charge in [0.05, 0.1) is 0 Å². The van der Waals surface area contributed by atoms with E-state index in [1.165, 1.54) is 5.56 Å². The molecule has 0 amide bonds. The van der Waals surface area contributed by atoms with Gasteiger partial charge in [-0.2, -0.15) is 0 Å². The molecule has 1 aromatic rings. The molecule has 0 unspecified atom stereocenters. The van der Waals surface area contributed by atoms with Crippen LogP contribution in [0.15, 0.2) is 23.1 Å². The molecule has 0 spiro atoms. The van der Waals surface area contributed by atoms with Crippen LogP contribution in [0.4, 0.5) is 5.69 Å². The van der Waals surface area contributed by atoms with Gasteiger partial charge in [0.25, 0.3) is 0 Å². The molecule has 0 aromatic heterocycles. The van der Waals surface area contributed by atoms with E-state index in [1.807, 2.05) is 12.3 Å². The molecule has 0 saturated heterocycles. The fraction of sp³-hybridized carbons (Fsp3) is 0.500. The molecule has 2 nitrogen and oxygen atoms in total. The summed E-state index contributed by atoms with van der Waals surface area (Å²) in [6.07, 6.45) is 3.04. The molecule has 0 bridgehead atoms. The molecule has 0 aliphatic rings. The van der Waals surface area contributed by atoms with E-state index in [0.717, 1.165) is 17.0 Å². The van der Waals surface area contributed by atoms with E-state index in [-0.39, 0.29) is 5.41 Å². The molecule has 15 heavy (non-hydrogen) atoms. The first-order valence-corrected chi connectivity index (χ1v) is 6.33. The Hall–Kier alpha value is -0.670. The van der Waals surface area contributed by atoms with Gasteiger partial charge in [0, 0.05) is 10.6 Å². The Balaban J connectivity index is 2.87. The first kappa shape index (κ1) is 12.4. The smallest absolute Gasteiger partial charge is 0.0452 e. The average Bonchev–Trinajstić information content (AvgIpc) is 2.20. The van der Waals surface area contributed by atoms with Crippen LogP contribution in [0, 0.1) is 5.41 Å². The Bertz CT molecular complexity index is 334. The van der Waals surface area contributed by atoms with Crippen molar-refractivity contribution in [1.82, 2.24) is 0 Å². The minimum absolute atomic E-state index is 0.159. The van der Waals surface area contributed by atoms with Crippen molar-refractivity contribution in [3.8, 4) is 0 Å². The number of rotatable bonds is 4. The highest BCUT2D eigenvalue weighted by Crippen LogP contribution is 2.27. The quantitative estimate of drug-likeness (QED) is 0.610. The van der Waals surface area contributed by atoms with Crippen LogP contribution in [0.5, 0.6) is 0 Å². The number of hydrogen-bond donors (Lipinski definition) is 2. The number of anilines is 1. The maximum absolute atomic E-state index is 5.85. The minimum atomic E-state index is 0.159. The van der Waals surface area contributed by atoms with Gasteiger partial charge in [0.1, 0.15) is 0 Å². The van der Waals surface area contributed by atoms with Gasteiger partial charge >= 0.3 is 0 Å².